The van der Waals surface area contributed by atoms with Crippen LogP contribution in [0.25, 0.3) is 16.9 Å². The quantitative estimate of drug-likeness (QED) is 0.605. The second-order valence-electron chi connectivity index (χ2n) is 5.45. The van der Waals surface area contributed by atoms with Crippen LogP contribution in [0.3, 0.4) is 0 Å². The van der Waals surface area contributed by atoms with Gasteiger partial charge in [0.25, 0.3) is 0 Å². The van der Waals surface area contributed by atoms with E-state index in [1.807, 2.05) is 72.2 Å². The van der Waals surface area contributed by atoms with Crippen LogP contribution in [-0.2, 0) is 4.74 Å². The Kier molecular flexibility index (Phi) is 4.72. The van der Waals surface area contributed by atoms with Crippen LogP contribution in [-0.4, -0.2) is 17.1 Å². The van der Waals surface area contributed by atoms with E-state index in [1.165, 1.54) is 0 Å². The Morgan fingerprint density at radius 3 is 2.50 bits per heavy atom. The number of aromatic nitrogens is 1. The number of hydrogen-bond acceptors (Lipinski definition) is 2. The lowest BCUT2D eigenvalue weighted by atomic mass is 10.1. The van der Waals surface area contributed by atoms with E-state index in [9.17, 15) is 4.79 Å². The van der Waals surface area contributed by atoms with Crippen molar-refractivity contribution in [3.63, 3.8) is 0 Å². The van der Waals surface area contributed by atoms with Crippen molar-refractivity contribution in [1.82, 2.24) is 4.57 Å². The van der Waals surface area contributed by atoms with Crippen molar-refractivity contribution in [2.45, 2.75) is 13.8 Å². The molecule has 0 N–H and O–H groups in total. The minimum atomic E-state index is -0.319. The van der Waals surface area contributed by atoms with Gasteiger partial charge in [-0.25, -0.2) is 4.79 Å². The predicted molar refractivity (Wildman–Crippen MR) is 96.9 cm³/mol. The van der Waals surface area contributed by atoms with Gasteiger partial charge in [-0.15, -0.1) is 0 Å². The molecule has 0 saturated carbocycles. The number of esters is 1. The third-order valence-electron chi connectivity index (χ3n) is 3.79. The summed E-state index contributed by atoms with van der Waals surface area (Å²) in [6.07, 6.45) is 0. The van der Waals surface area contributed by atoms with Crippen molar-refractivity contribution >= 4 is 17.6 Å². The summed E-state index contributed by atoms with van der Waals surface area (Å²) < 4.78 is 7.27. The summed E-state index contributed by atoms with van der Waals surface area (Å²) in [4.78, 5) is 12.4. The van der Waals surface area contributed by atoms with Crippen LogP contribution in [0.5, 0.6) is 0 Å². The summed E-state index contributed by atoms with van der Waals surface area (Å²) in [7, 11) is 0. The van der Waals surface area contributed by atoms with Crippen molar-refractivity contribution in [3.8, 4) is 16.9 Å². The second-order valence-corrected chi connectivity index (χ2v) is 5.89. The molecule has 0 aliphatic heterocycles. The molecule has 122 valence electrons. The smallest absolute Gasteiger partial charge is 0.340 e. The Balaban J connectivity index is 2.27. The van der Waals surface area contributed by atoms with Gasteiger partial charge in [0.1, 0.15) is 0 Å². The molecule has 0 radical (unpaired) electrons. The molecule has 24 heavy (non-hydrogen) atoms. The molecular weight excluding hydrogens is 322 g/mol. The van der Waals surface area contributed by atoms with E-state index < -0.39 is 0 Å². The van der Waals surface area contributed by atoms with Gasteiger partial charge >= 0.3 is 5.97 Å². The Hall–Kier alpha value is -2.52. The number of halogens is 1. The summed E-state index contributed by atoms with van der Waals surface area (Å²) in [5.74, 6) is -0.319. The first-order valence-corrected chi connectivity index (χ1v) is 8.20. The number of benzene rings is 2. The molecule has 0 spiro atoms. The summed E-state index contributed by atoms with van der Waals surface area (Å²) in [5.41, 5.74) is 4.18. The van der Waals surface area contributed by atoms with Gasteiger partial charge in [-0.05, 0) is 43.7 Å². The van der Waals surface area contributed by atoms with Gasteiger partial charge in [-0.2, -0.15) is 0 Å². The van der Waals surface area contributed by atoms with E-state index in [1.54, 1.807) is 6.92 Å². The van der Waals surface area contributed by atoms with E-state index in [4.69, 9.17) is 16.3 Å². The van der Waals surface area contributed by atoms with Gasteiger partial charge in [0.15, 0.2) is 0 Å². The zero-order chi connectivity index (χ0) is 17.1. The number of carbonyl (C=O) groups is 1. The zero-order valence-electron chi connectivity index (χ0n) is 13.6. The lowest BCUT2D eigenvalue weighted by Crippen LogP contribution is -2.07. The molecule has 1 heterocycles. The minimum absolute atomic E-state index is 0.319. The van der Waals surface area contributed by atoms with Crippen LogP contribution in [0.2, 0.25) is 5.02 Å². The SMILES string of the molecule is CCOC(=O)c1cc(C)n(-c2cccc(Cl)c2)c1-c1ccccc1. The highest BCUT2D eigenvalue weighted by atomic mass is 35.5. The number of ether oxygens (including phenoxy) is 1. The molecule has 1 aromatic heterocycles. The molecule has 0 saturated heterocycles. The van der Waals surface area contributed by atoms with Gasteiger partial charge in [0, 0.05) is 16.4 Å². The first-order valence-electron chi connectivity index (χ1n) is 7.82. The van der Waals surface area contributed by atoms with E-state index in [-0.39, 0.29) is 5.97 Å². The summed E-state index contributed by atoms with van der Waals surface area (Å²) in [6.45, 7) is 4.12. The van der Waals surface area contributed by atoms with Crippen LogP contribution in [0.1, 0.15) is 23.0 Å². The Bertz CT molecular complexity index is 869. The van der Waals surface area contributed by atoms with Crippen LogP contribution in [0.4, 0.5) is 0 Å². The van der Waals surface area contributed by atoms with Crippen molar-refractivity contribution in [2.75, 3.05) is 6.61 Å². The van der Waals surface area contributed by atoms with Crippen molar-refractivity contribution in [1.29, 1.82) is 0 Å². The Morgan fingerprint density at radius 2 is 1.83 bits per heavy atom. The molecule has 2 aromatic carbocycles. The normalized spacial score (nSPS) is 10.6. The highest BCUT2D eigenvalue weighted by Crippen LogP contribution is 2.32. The van der Waals surface area contributed by atoms with Gasteiger partial charge in [-0.3, -0.25) is 0 Å². The number of rotatable bonds is 4. The maximum Gasteiger partial charge on any atom is 0.340 e. The number of nitrogens with zero attached hydrogens (tertiary/aromatic N) is 1. The number of aryl methyl sites for hydroxylation is 1. The van der Waals surface area contributed by atoms with E-state index in [0.29, 0.717) is 17.2 Å². The van der Waals surface area contributed by atoms with Gasteiger partial charge in [-0.1, -0.05) is 48.0 Å². The first kappa shape index (κ1) is 16.3. The summed E-state index contributed by atoms with van der Waals surface area (Å²) in [5, 5.41) is 0.650. The monoisotopic (exact) mass is 339 g/mol. The van der Waals surface area contributed by atoms with Crippen molar-refractivity contribution < 1.29 is 9.53 Å². The average molecular weight is 340 g/mol. The molecule has 3 rings (SSSR count). The second kappa shape index (κ2) is 6.93. The van der Waals surface area contributed by atoms with Gasteiger partial charge in [0.05, 0.1) is 17.9 Å². The average Bonchev–Trinajstić information content (AvgIpc) is 2.93. The molecule has 0 unspecified atom stereocenters. The summed E-state index contributed by atoms with van der Waals surface area (Å²) >= 11 is 6.16. The van der Waals surface area contributed by atoms with Crippen molar-refractivity contribution in [3.05, 3.63) is 76.9 Å². The molecule has 3 aromatic rings. The molecule has 3 nitrogen and oxygen atoms in total. The minimum Gasteiger partial charge on any atom is -0.462 e. The van der Waals surface area contributed by atoms with Crippen LogP contribution in [0.15, 0.2) is 60.7 Å². The number of hydrogen-bond donors (Lipinski definition) is 0. The van der Waals surface area contributed by atoms with Crippen LogP contribution in [0, 0.1) is 6.92 Å². The standard InChI is InChI=1S/C20H18ClNO2/c1-3-24-20(23)18-12-14(2)22(17-11-7-10-16(21)13-17)19(18)15-8-5-4-6-9-15/h4-13H,3H2,1-2H3. The topological polar surface area (TPSA) is 31.2 Å². The third kappa shape index (κ3) is 3.08. The Morgan fingerprint density at radius 1 is 1.08 bits per heavy atom. The van der Waals surface area contributed by atoms with Crippen LogP contribution >= 0.6 is 11.6 Å². The maximum absolute atomic E-state index is 12.4. The van der Waals surface area contributed by atoms with E-state index >= 15 is 0 Å². The van der Waals surface area contributed by atoms with Crippen LogP contribution < -0.4 is 0 Å². The number of carbonyl (C=O) groups excluding carboxylic acids is 1. The lowest BCUT2D eigenvalue weighted by Gasteiger charge is -2.14. The zero-order valence-corrected chi connectivity index (χ0v) is 14.4. The van der Waals surface area contributed by atoms with E-state index in [0.717, 1.165) is 22.6 Å². The van der Waals surface area contributed by atoms with Gasteiger partial charge in [0.2, 0.25) is 0 Å². The fraction of sp³-hybridized carbons (Fsp3) is 0.150. The third-order valence-corrected chi connectivity index (χ3v) is 4.03. The van der Waals surface area contributed by atoms with Crippen molar-refractivity contribution in [2.24, 2.45) is 0 Å². The molecule has 0 amide bonds. The Labute approximate surface area is 146 Å². The molecule has 0 fully saturated rings. The highest BCUT2D eigenvalue weighted by molar-refractivity contribution is 6.30. The molecule has 0 aliphatic carbocycles. The predicted octanol–water partition coefficient (Wildman–Crippen LogP) is 5.28. The molecule has 0 bridgehead atoms. The van der Waals surface area contributed by atoms with E-state index in [2.05, 4.69) is 0 Å². The fourth-order valence-electron chi connectivity index (χ4n) is 2.83. The first-order chi connectivity index (χ1) is 11.6. The fourth-order valence-corrected chi connectivity index (χ4v) is 3.02. The largest absolute Gasteiger partial charge is 0.462 e. The highest BCUT2D eigenvalue weighted by Gasteiger charge is 2.22. The molecular formula is C20H18ClNO2. The lowest BCUT2D eigenvalue weighted by molar-refractivity contribution is 0.0527. The molecule has 0 aliphatic rings. The maximum atomic E-state index is 12.4. The summed E-state index contributed by atoms with van der Waals surface area (Å²) in [6, 6.07) is 19.3. The molecule has 0 atom stereocenters. The molecule has 4 heteroatoms. The van der Waals surface area contributed by atoms with Gasteiger partial charge < -0.3 is 9.30 Å².